The monoisotopic (exact) mass is 315 g/mol. The number of rotatable bonds is 4. The van der Waals surface area contributed by atoms with Gasteiger partial charge in [0.2, 0.25) is 10.0 Å². The average Bonchev–Trinajstić information content (AvgIpc) is 2.60. The second-order valence-corrected chi connectivity index (χ2v) is 7.24. The van der Waals surface area contributed by atoms with Crippen molar-refractivity contribution in [1.29, 1.82) is 0 Å². The summed E-state index contributed by atoms with van der Waals surface area (Å²) in [6, 6.07) is 0. The van der Waals surface area contributed by atoms with Crippen LogP contribution in [0.5, 0.6) is 0 Å². The summed E-state index contributed by atoms with van der Waals surface area (Å²) in [7, 11) is -3.60. The van der Waals surface area contributed by atoms with Crippen LogP contribution >= 0.6 is 0 Å². The lowest BCUT2D eigenvalue weighted by atomic mass is 10.2. The van der Waals surface area contributed by atoms with Crippen LogP contribution in [0.15, 0.2) is 4.90 Å². The van der Waals surface area contributed by atoms with E-state index >= 15 is 0 Å². The first-order valence-corrected chi connectivity index (χ1v) is 8.54. The number of carbonyl (C=O) groups is 1. The fraction of sp³-hybridized carbons (Fsp3) is 0.692. The minimum atomic E-state index is -3.60. The maximum Gasteiger partial charge on any atom is 0.325 e. The molecule has 1 fully saturated rings. The van der Waals surface area contributed by atoms with Gasteiger partial charge in [0.15, 0.2) is 0 Å². The third-order valence-corrected chi connectivity index (χ3v) is 5.91. The quantitative estimate of drug-likeness (QED) is 0.899. The highest BCUT2D eigenvalue weighted by molar-refractivity contribution is 7.89. The zero-order valence-electron chi connectivity index (χ0n) is 12.4. The molecule has 0 aliphatic carbocycles. The van der Waals surface area contributed by atoms with Crippen molar-refractivity contribution in [2.45, 2.75) is 51.0 Å². The number of hydrogen-bond donors (Lipinski definition) is 1. The fourth-order valence-corrected chi connectivity index (χ4v) is 4.64. The number of aryl methyl sites for hydroxylation is 1. The molecule has 1 aliphatic heterocycles. The molecule has 0 unspecified atom stereocenters. The van der Waals surface area contributed by atoms with Gasteiger partial charge in [-0.25, -0.2) is 8.42 Å². The standard InChI is InChI=1S/C13H21N3O4S/c1-10-13(11(2)16(14-10)9-12(17)18)21(19,20)15-7-5-3-4-6-8-15/h3-9H2,1-2H3,(H,17,18). The molecular formula is C13H21N3O4S. The van der Waals surface area contributed by atoms with Gasteiger partial charge in [-0.3, -0.25) is 9.48 Å². The lowest BCUT2D eigenvalue weighted by molar-refractivity contribution is -0.137. The Kier molecular flexibility index (Phi) is 4.67. The van der Waals surface area contributed by atoms with Crippen LogP contribution in [-0.2, 0) is 21.4 Å². The van der Waals surface area contributed by atoms with Crippen molar-refractivity contribution >= 4 is 16.0 Å². The second-order valence-electron chi connectivity index (χ2n) is 5.37. The molecule has 2 heterocycles. The minimum Gasteiger partial charge on any atom is -0.480 e. The number of nitrogens with zero attached hydrogens (tertiary/aromatic N) is 3. The van der Waals surface area contributed by atoms with Gasteiger partial charge in [-0.1, -0.05) is 12.8 Å². The third-order valence-electron chi connectivity index (χ3n) is 3.76. The molecule has 1 aromatic heterocycles. The molecule has 0 bridgehead atoms. The van der Waals surface area contributed by atoms with Crippen molar-refractivity contribution in [3.8, 4) is 0 Å². The third kappa shape index (κ3) is 3.26. The Bertz CT molecular complexity index is 628. The van der Waals surface area contributed by atoms with Crippen molar-refractivity contribution in [2.75, 3.05) is 13.1 Å². The molecule has 21 heavy (non-hydrogen) atoms. The van der Waals surface area contributed by atoms with E-state index in [0.717, 1.165) is 25.7 Å². The van der Waals surface area contributed by atoms with Crippen LogP contribution in [0.1, 0.15) is 37.1 Å². The first-order chi connectivity index (χ1) is 9.84. The molecule has 1 saturated heterocycles. The van der Waals surface area contributed by atoms with Gasteiger partial charge < -0.3 is 5.11 Å². The predicted molar refractivity (Wildman–Crippen MR) is 76.6 cm³/mol. The molecule has 0 spiro atoms. The first kappa shape index (κ1) is 16.0. The van der Waals surface area contributed by atoms with Crippen molar-refractivity contribution in [3.05, 3.63) is 11.4 Å². The van der Waals surface area contributed by atoms with Crippen LogP contribution in [0.3, 0.4) is 0 Å². The number of aromatic nitrogens is 2. The minimum absolute atomic E-state index is 0.158. The van der Waals surface area contributed by atoms with Crippen LogP contribution in [0.25, 0.3) is 0 Å². The molecule has 1 aliphatic rings. The molecule has 0 atom stereocenters. The van der Waals surface area contributed by atoms with E-state index in [1.807, 2.05) is 0 Å². The molecule has 2 rings (SSSR count). The summed E-state index contributed by atoms with van der Waals surface area (Å²) in [5, 5.41) is 12.9. The molecule has 0 amide bonds. The highest BCUT2D eigenvalue weighted by atomic mass is 32.2. The van der Waals surface area contributed by atoms with Gasteiger partial charge >= 0.3 is 5.97 Å². The zero-order valence-corrected chi connectivity index (χ0v) is 13.2. The summed E-state index contributed by atoms with van der Waals surface area (Å²) < 4.78 is 28.4. The van der Waals surface area contributed by atoms with Crippen LogP contribution in [-0.4, -0.2) is 46.7 Å². The number of sulfonamides is 1. The van der Waals surface area contributed by atoms with Gasteiger partial charge in [-0.05, 0) is 26.7 Å². The van der Waals surface area contributed by atoms with E-state index < -0.39 is 16.0 Å². The largest absolute Gasteiger partial charge is 0.480 e. The first-order valence-electron chi connectivity index (χ1n) is 7.10. The van der Waals surface area contributed by atoms with Crippen molar-refractivity contribution in [3.63, 3.8) is 0 Å². The summed E-state index contributed by atoms with van der Waals surface area (Å²) in [4.78, 5) is 11.0. The van der Waals surface area contributed by atoms with E-state index in [9.17, 15) is 13.2 Å². The van der Waals surface area contributed by atoms with E-state index in [1.54, 1.807) is 13.8 Å². The number of carboxylic acids is 1. The average molecular weight is 315 g/mol. The van der Waals surface area contributed by atoms with Crippen molar-refractivity contribution in [2.24, 2.45) is 0 Å². The Morgan fingerprint density at radius 2 is 1.76 bits per heavy atom. The van der Waals surface area contributed by atoms with E-state index in [4.69, 9.17) is 5.11 Å². The summed E-state index contributed by atoms with van der Waals surface area (Å²) in [5.74, 6) is -1.04. The molecule has 1 aromatic rings. The zero-order chi connectivity index (χ0) is 15.6. The SMILES string of the molecule is Cc1nn(CC(=O)O)c(C)c1S(=O)(=O)N1CCCCCC1. The van der Waals surface area contributed by atoms with Crippen LogP contribution in [0.2, 0.25) is 0 Å². The predicted octanol–water partition coefficient (Wildman–Crippen LogP) is 1.15. The Labute approximate surface area is 124 Å². The number of hydrogen-bond acceptors (Lipinski definition) is 4. The van der Waals surface area contributed by atoms with Gasteiger partial charge in [0.25, 0.3) is 0 Å². The Morgan fingerprint density at radius 3 is 2.29 bits per heavy atom. The van der Waals surface area contributed by atoms with Crippen LogP contribution in [0, 0.1) is 13.8 Å². The van der Waals surface area contributed by atoms with Gasteiger partial charge in [-0.2, -0.15) is 9.40 Å². The summed E-state index contributed by atoms with van der Waals surface area (Å²) in [5.41, 5.74) is 0.747. The van der Waals surface area contributed by atoms with E-state index in [1.165, 1.54) is 8.99 Å². The van der Waals surface area contributed by atoms with Crippen molar-refractivity contribution < 1.29 is 18.3 Å². The highest BCUT2D eigenvalue weighted by Gasteiger charge is 2.31. The molecule has 0 saturated carbocycles. The Balaban J connectivity index is 2.39. The molecular weight excluding hydrogens is 294 g/mol. The number of aliphatic carboxylic acids is 1. The Hall–Kier alpha value is -1.41. The number of carboxylic acid groups (broad SMARTS) is 1. The molecule has 118 valence electrons. The summed E-state index contributed by atoms with van der Waals surface area (Å²) >= 11 is 0. The van der Waals surface area contributed by atoms with E-state index in [2.05, 4.69) is 5.10 Å². The molecule has 8 heteroatoms. The van der Waals surface area contributed by atoms with Gasteiger partial charge in [0.1, 0.15) is 11.4 Å². The van der Waals surface area contributed by atoms with Gasteiger partial charge in [0, 0.05) is 13.1 Å². The highest BCUT2D eigenvalue weighted by Crippen LogP contribution is 2.25. The molecule has 7 nitrogen and oxygen atoms in total. The lowest BCUT2D eigenvalue weighted by Crippen LogP contribution is -2.32. The Morgan fingerprint density at radius 1 is 1.19 bits per heavy atom. The topological polar surface area (TPSA) is 92.5 Å². The lowest BCUT2D eigenvalue weighted by Gasteiger charge is -2.20. The normalized spacial score (nSPS) is 17.6. The van der Waals surface area contributed by atoms with E-state index in [-0.39, 0.29) is 11.4 Å². The van der Waals surface area contributed by atoms with Crippen LogP contribution < -0.4 is 0 Å². The van der Waals surface area contributed by atoms with Gasteiger partial charge in [-0.15, -0.1) is 0 Å². The molecule has 0 radical (unpaired) electrons. The smallest absolute Gasteiger partial charge is 0.325 e. The summed E-state index contributed by atoms with van der Waals surface area (Å²) in [6.45, 7) is 3.92. The molecule has 1 N–H and O–H groups in total. The van der Waals surface area contributed by atoms with E-state index in [0.29, 0.717) is 24.5 Å². The fourth-order valence-electron chi connectivity index (χ4n) is 2.75. The van der Waals surface area contributed by atoms with Crippen LogP contribution in [0.4, 0.5) is 0 Å². The van der Waals surface area contributed by atoms with Gasteiger partial charge in [0.05, 0.1) is 11.4 Å². The second kappa shape index (κ2) is 6.15. The summed E-state index contributed by atoms with van der Waals surface area (Å²) in [6.07, 6.45) is 3.81. The maximum absolute atomic E-state index is 12.8. The molecule has 0 aromatic carbocycles. The maximum atomic E-state index is 12.8. The van der Waals surface area contributed by atoms with Crippen molar-refractivity contribution in [1.82, 2.24) is 14.1 Å².